The van der Waals surface area contributed by atoms with E-state index in [1.807, 2.05) is 30.3 Å². The lowest BCUT2D eigenvalue weighted by atomic mass is 9.63. The van der Waals surface area contributed by atoms with Crippen LogP contribution in [0.3, 0.4) is 0 Å². The highest BCUT2D eigenvalue weighted by atomic mass is 16.5. The first-order chi connectivity index (χ1) is 27.7. The van der Waals surface area contributed by atoms with Crippen molar-refractivity contribution in [3.63, 3.8) is 0 Å². The average Bonchev–Trinajstić information content (AvgIpc) is 3.60. The maximum Gasteiger partial charge on any atom is 0.167 e. The summed E-state index contributed by atoms with van der Waals surface area (Å²) in [7, 11) is 0. The fourth-order valence-electron chi connectivity index (χ4n) is 8.85. The van der Waals surface area contributed by atoms with Crippen LogP contribution in [0.25, 0.3) is 67.2 Å². The van der Waals surface area contributed by atoms with Crippen LogP contribution in [0, 0.1) is 11.3 Å². The van der Waals surface area contributed by atoms with Gasteiger partial charge in [0.05, 0.1) is 22.6 Å². The number of benzene rings is 8. The second-order valence-electron chi connectivity index (χ2n) is 14.2. The van der Waals surface area contributed by atoms with Crippen molar-refractivity contribution in [1.29, 1.82) is 5.26 Å². The van der Waals surface area contributed by atoms with Gasteiger partial charge in [-0.2, -0.15) is 5.26 Å². The third-order valence-corrected chi connectivity index (χ3v) is 11.3. The first-order valence-corrected chi connectivity index (χ1v) is 18.7. The van der Waals surface area contributed by atoms with Crippen LogP contribution < -0.4 is 4.74 Å². The smallest absolute Gasteiger partial charge is 0.167 e. The lowest BCUT2D eigenvalue weighted by Crippen LogP contribution is -2.34. The first kappa shape index (κ1) is 31.8. The predicted molar refractivity (Wildman–Crippen MR) is 221 cm³/mol. The van der Waals surface area contributed by atoms with Crippen LogP contribution >= 0.6 is 0 Å². The fourth-order valence-corrected chi connectivity index (χ4v) is 8.85. The molecule has 0 fully saturated rings. The summed E-state index contributed by atoms with van der Waals surface area (Å²) in [4.78, 5) is 15.7. The van der Waals surface area contributed by atoms with E-state index >= 15 is 0 Å². The van der Waals surface area contributed by atoms with Crippen molar-refractivity contribution in [3.8, 4) is 74.0 Å². The van der Waals surface area contributed by atoms with Crippen LogP contribution in [-0.2, 0) is 5.41 Å². The summed E-state index contributed by atoms with van der Waals surface area (Å²) in [6.45, 7) is 0. The molecule has 260 valence electrons. The van der Waals surface area contributed by atoms with Gasteiger partial charge in [-0.05, 0) is 86.6 Å². The molecule has 0 radical (unpaired) electrons. The van der Waals surface area contributed by atoms with Gasteiger partial charge in [0.2, 0.25) is 0 Å². The van der Waals surface area contributed by atoms with Gasteiger partial charge in [0, 0.05) is 22.3 Å². The zero-order chi connectivity index (χ0) is 37.2. The molecular formula is C51H30N4O. The molecule has 8 aromatic carbocycles. The molecule has 0 atom stereocenters. The Bertz CT molecular complexity index is 2990. The van der Waals surface area contributed by atoms with Gasteiger partial charge in [-0.15, -0.1) is 0 Å². The summed E-state index contributed by atoms with van der Waals surface area (Å²) in [6.07, 6.45) is 0. The molecular weight excluding hydrogens is 685 g/mol. The van der Waals surface area contributed by atoms with E-state index in [-0.39, 0.29) is 0 Å². The summed E-state index contributed by atoms with van der Waals surface area (Å²) in [5.74, 6) is 3.02. The maximum atomic E-state index is 9.58. The third kappa shape index (κ3) is 4.63. The maximum absolute atomic E-state index is 9.58. The molecule has 5 nitrogen and oxygen atoms in total. The highest BCUT2D eigenvalue weighted by Crippen LogP contribution is 2.57. The van der Waals surface area contributed by atoms with Crippen LogP contribution in [0.2, 0.25) is 0 Å². The van der Waals surface area contributed by atoms with Crippen molar-refractivity contribution in [2.45, 2.75) is 5.41 Å². The van der Waals surface area contributed by atoms with Crippen molar-refractivity contribution in [2.24, 2.45) is 0 Å². The Morgan fingerprint density at radius 3 is 1.68 bits per heavy atom. The van der Waals surface area contributed by atoms with E-state index < -0.39 is 5.41 Å². The van der Waals surface area contributed by atoms with Crippen LogP contribution in [0.15, 0.2) is 182 Å². The zero-order valence-corrected chi connectivity index (χ0v) is 30.0. The van der Waals surface area contributed by atoms with Crippen LogP contribution in [-0.4, -0.2) is 15.0 Å². The molecule has 11 rings (SSSR count). The summed E-state index contributed by atoms with van der Waals surface area (Å²) >= 11 is 0. The first-order valence-electron chi connectivity index (χ1n) is 18.7. The van der Waals surface area contributed by atoms with Crippen molar-refractivity contribution in [2.75, 3.05) is 0 Å². The summed E-state index contributed by atoms with van der Waals surface area (Å²) in [6, 6.07) is 64.9. The van der Waals surface area contributed by atoms with E-state index in [0.29, 0.717) is 28.8 Å². The molecule has 0 bridgehead atoms. The van der Waals surface area contributed by atoms with Crippen LogP contribution in [0.4, 0.5) is 0 Å². The van der Waals surface area contributed by atoms with Crippen LogP contribution in [0.5, 0.6) is 11.5 Å². The van der Waals surface area contributed by atoms with Crippen molar-refractivity contribution < 1.29 is 4.74 Å². The third-order valence-electron chi connectivity index (χ3n) is 11.3. The second kappa shape index (κ2) is 12.4. The van der Waals surface area contributed by atoms with Gasteiger partial charge in [0.15, 0.2) is 17.5 Å². The minimum Gasteiger partial charge on any atom is -0.456 e. The second-order valence-corrected chi connectivity index (χ2v) is 14.2. The number of hydrogen-bond acceptors (Lipinski definition) is 5. The van der Waals surface area contributed by atoms with Crippen LogP contribution in [0.1, 0.15) is 27.8 Å². The topological polar surface area (TPSA) is 71.7 Å². The predicted octanol–water partition coefficient (Wildman–Crippen LogP) is 12.0. The molecule has 5 heteroatoms. The van der Waals surface area contributed by atoms with E-state index in [0.717, 1.165) is 50.1 Å². The van der Waals surface area contributed by atoms with E-state index in [1.165, 1.54) is 27.6 Å². The fraction of sp³-hybridized carbons (Fsp3) is 0.0196. The van der Waals surface area contributed by atoms with E-state index in [1.54, 1.807) is 12.1 Å². The molecule has 2 aliphatic rings. The van der Waals surface area contributed by atoms with Gasteiger partial charge < -0.3 is 4.74 Å². The molecule has 0 spiro atoms. The monoisotopic (exact) mass is 714 g/mol. The Hall–Kier alpha value is -7.68. The zero-order valence-electron chi connectivity index (χ0n) is 30.0. The Kier molecular flexibility index (Phi) is 7.07. The summed E-state index contributed by atoms with van der Waals surface area (Å²) < 4.78 is 6.99. The summed E-state index contributed by atoms with van der Waals surface area (Å²) in [5, 5.41) is 11.9. The van der Waals surface area contributed by atoms with Gasteiger partial charge in [-0.1, -0.05) is 140 Å². The number of para-hydroxylation sites is 2. The standard InChI is InChI=1S/C51H30N4O/c52-31-32-25-27-33(28-26-32)48-53-49(41-30-29-40-37-18-8-7-17-36(37)38-19-11-20-39(41)46(38)40)55-50(54-48)42-21-12-23-44-47(42)56-45-24-10-9-22-43(45)51(44,34-13-3-1-4-14-34)35-15-5-2-6-16-35/h1-30H. The largest absolute Gasteiger partial charge is 0.456 e. The highest BCUT2D eigenvalue weighted by Gasteiger charge is 2.46. The van der Waals surface area contributed by atoms with Gasteiger partial charge >= 0.3 is 0 Å². The number of aromatic nitrogens is 3. The quantitative estimate of drug-likeness (QED) is 0.177. The molecule has 1 aliphatic heterocycles. The number of hydrogen-bond donors (Lipinski definition) is 0. The van der Waals surface area contributed by atoms with Gasteiger partial charge in [-0.3, -0.25) is 0 Å². The Labute approximate surface area is 323 Å². The van der Waals surface area contributed by atoms with Gasteiger partial charge in [0.1, 0.15) is 11.5 Å². The Morgan fingerprint density at radius 1 is 0.429 bits per heavy atom. The number of nitriles is 1. The van der Waals surface area contributed by atoms with Gasteiger partial charge in [-0.25, -0.2) is 15.0 Å². The number of ether oxygens (including phenoxy) is 1. The Balaban J connectivity index is 1.19. The van der Waals surface area contributed by atoms with Gasteiger partial charge in [0.25, 0.3) is 0 Å². The summed E-state index contributed by atoms with van der Waals surface area (Å²) in [5.41, 5.74) is 11.5. The molecule has 0 saturated carbocycles. The molecule has 56 heavy (non-hydrogen) atoms. The van der Waals surface area contributed by atoms with E-state index in [9.17, 15) is 5.26 Å². The molecule has 0 amide bonds. The highest BCUT2D eigenvalue weighted by molar-refractivity contribution is 6.18. The molecule has 1 aliphatic carbocycles. The van der Waals surface area contributed by atoms with Crippen molar-refractivity contribution in [3.05, 3.63) is 210 Å². The SMILES string of the molecule is N#Cc1ccc(-c2nc(-c3cccc4c3Oc3ccccc3C4(c3ccccc3)c3ccccc3)nc(-c3ccc4c5c(cccc35)-c3ccccc3-4)n2)cc1. The molecule has 9 aromatic rings. The average molecular weight is 715 g/mol. The van der Waals surface area contributed by atoms with Crippen molar-refractivity contribution in [1.82, 2.24) is 15.0 Å². The lowest BCUT2D eigenvalue weighted by molar-refractivity contribution is 0.436. The number of nitrogens with zero attached hydrogens (tertiary/aromatic N) is 4. The molecule has 0 saturated heterocycles. The Morgan fingerprint density at radius 2 is 0.964 bits per heavy atom. The minimum absolute atomic E-state index is 0.493. The minimum atomic E-state index is -0.693. The van der Waals surface area contributed by atoms with E-state index in [4.69, 9.17) is 19.7 Å². The lowest BCUT2D eigenvalue weighted by Gasteiger charge is -2.42. The molecule has 0 unspecified atom stereocenters. The molecule has 1 aromatic heterocycles. The normalized spacial score (nSPS) is 12.9. The number of fused-ring (bicyclic) bond motifs is 5. The van der Waals surface area contributed by atoms with E-state index in [2.05, 4.69) is 146 Å². The van der Waals surface area contributed by atoms with Crippen molar-refractivity contribution >= 4 is 10.8 Å². The molecule has 0 N–H and O–H groups in total. The number of rotatable bonds is 5. The molecule has 2 heterocycles.